The fourth-order valence-corrected chi connectivity index (χ4v) is 12.3. The number of hydrogen-bond acceptors (Lipinski definition) is 21. The number of rotatable bonds is 48. The van der Waals surface area contributed by atoms with E-state index < -0.39 is 103 Å². The van der Waals surface area contributed by atoms with Crippen LogP contribution in [0, 0.1) is 0 Å². The number of unbranched alkanes of at least 4 members (excludes halogenated alkanes) is 13. The lowest BCUT2D eigenvalue weighted by molar-refractivity contribution is -0.136. The van der Waals surface area contributed by atoms with E-state index >= 15 is 0 Å². The van der Waals surface area contributed by atoms with Gasteiger partial charge < -0.3 is 100 Å². The number of primary amides is 1. The number of hydrogen-bond donors (Lipinski definition) is 16. The Balaban J connectivity index is 1.07. The second-order valence-electron chi connectivity index (χ2n) is 27.7. The van der Waals surface area contributed by atoms with Gasteiger partial charge >= 0.3 is 0 Å². The smallest absolute Gasteiger partial charge is 0.246 e. The number of nitrogens with zero attached hydrogens (tertiary/aromatic N) is 4. The molecule has 35 heteroatoms. The summed E-state index contributed by atoms with van der Waals surface area (Å²) in [5, 5.41) is 42.3. The Morgan fingerprint density at radius 2 is 1.19 bits per heavy atom. The number of amides is 10. The number of benzene rings is 2. The minimum atomic E-state index is -1.54. The second kappa shape index (κ2) is 55.8. The molecule has 616 valence electrons. The van der Waals surface area contributed by atoms with Crippen molar-refractivity contribution in [3.63, 3.8) is 0 Å². The van der Waals surface area contributed by atoms with Crippen LogP contribution in [0.2, 0.25) is 0 Å². The molecule has 7 atom stereocenters. The number of aromatic amines is 2. The molecule has 2 aromatic carbocycles. The normalized spacial score (nSPS) is 18.4. The van der Waals surface area contributed by atoms with Gasteiger partial charge in [0, 0.05) is 75.4 Å². The molecule has 5 rings (SSSR count). The molecule has 1 saturated heterocycles. The predicted octanol–water partition coefficient (Wildman–Crippen LogP) is 0.673. The Bertz CT molecular complexity index is 3440. The van der Waals surface area contributed by atoms with Gasteiger partial charge in [-0.2, -0.15) is 5.21 Å². The Hall–Kier alpha value is -9.55. The highest BCUT2D eigenvalue weighted by atomic mass is 16.5. The highest BCUT2D eigenvalue weighted by molar-refractivity contribution is 5.98. The third-order valence-corrected chi connectivity index (χ3v) is 18.6. The van der Waals surface area contributed by atoms with Crippen molar-refractivity contribution in [1.82, 2.24) is 78.8 Å². The molecule has 0 spiro atoms. The number of aliphatic imine (C=N–C) groups is 1. The largest absolute Gasteiger partial charge is 0.377 e. The standard InChI is InChI=1S/C76H122N20O15/c1-2-3-28-59(86-68(100)52-111-45-43-109-41-39-83-67(99)51-110-44-42-108-40-38-82-66(98)33-19-14-12-10-8-6-4-5-7-9-11-13-18-32-65-93-95-96-94-65)70(102)89-61-35-34-55(97)50-81-36-23-22-30-58(69(78)101)87-74(106)63(47-54-49-85-57-29-21-20-27-56(54)57)91-71(103)60(31-24-37-84-76(79)80)88-73(105)62(46-53-25-16-15-17-26-53)90-75(107)64(48-77)92-72(61)104/h15-17,20-21,25-27,29,49,58-64,81,85H,2-14,18-19,22-24,28,30-48,50-52,77H2,1H3,(H2,78,101)(H,82,98)(H,83,99)(H,86,100)(H,87,106)(H,88,105)(H,89,102)(H,90,107)(H,91,103)(H,92,104)(H4,79,80,84)(H,93,94,95,96)/t58-,59-,60-,61-,62+,63-,64-/m0/s1. The number of aryl methyl sites for hydroxylation is 1. The maximum atomic E-state index is 14.7. The molecule has 0 unspecified atom stereocenters. The molecule has 35 nitrogen and oxygen atoms in total. The van der Waals surface area contributed by atoms with Gasteiger partial charge in [0.25, 0.3) is 0 Å². The lowest BCUT2D eigenvalue weighted by Gasteiger charge is -2.28. The molecule has 0 aliphatic carbocycles. The van der Waals surface area contributed by atoms with Gasteiger partial charge in [-0.1, -0.05) is 144 Å². The topological polar surface area (TPSA) is 532 Å². The molecule has 4 aromatic rings. The van der Waals surface area contributed by atoms with Gasteiger partial charge in [-0.25, -0.2) is 0 Å². The minimum absolute atomic E-state index is 0.00566. The second-order valence-corrected chi connectivity index (χ2v) is 27.7. The molecule has 2 aromatic heterocycles. The molecule has 0 bridgehead atoms. The van der Waals surface area contributed by atoms with Gasteiger partial charge in [0.2, 0.25) is 59.1 Å². The SMILES string of the molecule is CCCC[C@H](NC(=O)COCCOCCNC(=O)COCCOCCNC(=O)CCCCCCCCCCCCCCCc1nn[nH]n1)C(=O)N[C@H]1CCC(=O)CNCCCC[C@@H](C(N)=O)NC(=O)[C@H](Cc2c[nH]c3ccccc23)NC(=O)[C@H](CCCN=C(N)N)NC(=O)[C@@H](Cc2ccccc2)NC(=O)[C@H](CN)NC1=O. The lowest BCUT2D eigenvalue weighted by Crippen LogP contribution is -2.61. The Kier molecular flexibility index (Phi) is 46.3. The van der Waals surface area contributed by atoms with Crippen LogP contribution in [0.15, 0.2) is 65.8 Å². The van der Waals surface area contributed by atoms with E-state index in [1.165, 1.54) is 57.8 Å². The number of carbonyl (C=O) groups is 11. The number of aromatic nitrogens is 5. The summed E-state index contributed by atoms with van der Waals surface area (Å²) in [4.78, 5) is 158. The van der Waals surface area contributed by atoms with Crippen LogP contribution in [-0.2, 0) is 90.9 Å². The summed E-state index contributed by atoms with van der Waals surface area (Å²) in [5.41, 5.74) is 25.3. The maximum absolute atomic E-state index is 14.7. The molecule has 20 N–H and O–H groups in total. The van der Waals surface area contributed by atoms with Crippen molar-refractivity contribution in [1.29, 1.82) is 0 Å². The number of guanidine groups is 1. The van der Waals surface area contributed by atoms with Crippen LogP contribution in [0.25, 0.3) is 10.9 Å². The minimum Gasteiger partial charge on any atom is -0.377 e. The molecule has 0 radical (unpaired) electrons. The van der Waals surface area contributed by atoms with E-state index in [4.69, 9.17) is 41.9 Å². The van der Waals surface area contributed by atoms with E-state index in [0.717, 1.165) is 48.8 Å². The van der Waals surface area contributed by atoms with Gasteiger partial charge in [0.15, 0.2) is 11.8 Å². The monoisotopic (exact) mass is 1550 g/mol. The summed E-state index contributed by atoms with van der Waals surface area (Å²) in [6.07, 6.45) is 20.0. The summed E-state index contributed by atoms with van der Waals surface area (Å²) in [6.45, 7) is 2.36. The van der Waals surface area contributed by atoms with Crippen LogP contribution < -0.4 is 76.1 Å². The lowest BCUT2D eigenvalue weighted by atomic mass is 10.0. The molecular weight excluding hydrogens is 1430 g/mol. The number of nitrogens with two attached hydrogens (primary N) is 4. The van der Waals surface area contributed by atoms with Crippen LogP contribution in [0.1, 0.15) is 178 Å². The Morgan fingerprint density at radius 3 is 1.84 bits per heavy atom. The quantitative estimate of drug-likeness (QED) is 0.0164. The maximum Gasteiger partial charge on any atom is 0.246 e. The first-order valence-electron chi connectivity index (χ1n) is 39.4. The van der Waals surface area contributed by atoms with Gasteiger partial charge in [-0.05, 0) is 81.5 Å². The van der Waals surface area contributed by atoms with Crippen molar-refractivity contribution in [3.8, 4) is 0 Å². The summed E-state index contributed by atoms with van der Waals surface area (Å²) in [6, 6.07) is 6.42. The van der Waals surface area contributed by atoms with Crippen LogP contribution in [0.4, 0.5) is 0 Å². The van der Waals surface area contributed by atoms with Gasteiger partial charge in [0.1, 0.15) is 61.3 Å². The first-order chi connectivity index (χ1) is 53.8. The van der Waals surface area contributed by atoms with E-state index in [0.29, 0.717) is 56.4 Å². The first-order valence-corrected chi connectivity index (χ1v) is 39.4. The summed E-state index contributed by atoms with van der Waals surface area (Å²) in [5.74, 6) is -6.64. The number of carbonyl (C=O) groups excluding carboxylic acids is 11. The molecule has 111 heavy (non-hydrogen) atoms. The third-order valence-electron chi connectivity index (χ3n) is 18.6. The fraction of sp³-hybridized carbons (Fsp3) is 0.645. The zero-order valence-corrected chi connectivity index (χ0v) is 64.5. The summed E-state index contributed by atoms with van der Waals surface area (Å²) >= 11 is 0. The van der Waals surface area contributed by atoms with Crippen molar-refractivity contribution in [2.75, 3.05) is 92.1 Å². The zero-order valence-electron chi connectivity index (χ0n) is 64.5. The highest BCUT2D eigenvalue weighted by Crippen LogP contribution is 2.21. The van der Waals surface area contributed by atoms with Gasteiger partial charge in [-0.15, -0.1) is 10.2 Å². The molecule has 0 saturated carbocycles. The van der Waals surface area contributed by atoms with Crippen LogP contribution >= 0.6 is 0 Å². The summed E-state index contributed by atoms with van der Waals surface area (Å²) < 4.78 is 22.0. The number of H-pyrrole nitrogens is 2. The van der Waals surface area contributed by atoms with E-state index in [2.05, 4.69) is 83.8 Å². The van der Waals surface area contributed by atoms with Crippen molar-refractivity contribution < 1.29 is 71.7 Å². The zero-order chi connectivity index (χ0) is 80.1. The number of Topliss-reactive ketones (excluding diaryl/α,β-unsaturated/α-hetero) is 1. The Labute approximate surface area is 649 Å². The van der Waals surface area contributed by atoms with E-state index in [9.17, 15) is 52.7 Å². The van der Waals surface area contributed by atoms with E-state index in [-0.39, 0.29) is 141 Å². The van der Waals surface area contributed by atoms with Crippen molar-refractivity contribution >= 4 is 81.7 Å². The molecule has 1 aliphatic heterocycles. The molecule has 10 amide bonds. The highest BCUT2D eigenvalue weighted by Gasteiger charge is 2.35. The molecule has 1 fully saturated rings. The average molecular weight is 1560 g/mol. The molecule has 3 heterocycles. The Morgan fingerprint density at radius 1 is 0.604 bits per heavy atom. The molecular formula is C76H122N20O15. The number of fused-ring (bicyclic) bond motifs is 1. The van der Waals surface area contributed by atoms with Crippen molar-refractivity contribution in [3.05, 3.63) is 77.7 Å². The number of ether oxygens (including phenoxy) is 4. The van der Waals surface area contributed by atoms with E-state index in [1.54, 1.807) is 36.5 Å². The number of para-hydroxylation sites is 1. The van der Waals surface area contributed by atoms with Crippen molar-refractivity contribution in [2.24, 2.45) is 27.9 Å². The first kappa shape index (κ1) is 92.1. The number of ketones is 1. The van der Waals surface area contributed by atoms with Crippen LogP contribution in [-0.4, -0.2) is 231 Å². The third kappa shape index (κ3) is 39.8. The van der Waals surface area contributed by atoms with Gasteiger partial charge in [0.05, 0.1) is 46.2 Å². The predicted molar refractivity (Wildman–Crippen MR) is 416 cm³/mol. The number of tetrazole rings is 1. The van der Waals surface area contributed by atoms with Crippen molar-refractivity contribution in [2.45, 2.75) is 223 Å². The van der Waals surface area contributed by atoms with Crippen LogP contribution in [0.5, 0.6) is 0 Å². The average Bonchev–Trinajstić information content (AvgIpc) is 1.72. The fourth-order valence-electron chi connectivity index (χ4n) is 12.3. The molecule has 1 aliphatic rings. The van der Waals surface area contributed by atoms with Gasteiger partial charge in [-0.3, -0.25) is 57.7 Å². The number of nitrogens with one attached hydrogen (secondary N) is 12. The summed E-state index contributed by atoms with van der Waals surface area (Å²) in [7, 11) is 0. The van der Waals surface area contributed by atoms with E-state index in [1.807, 2.05) is 31.2 Å². The van der Waals surface area contributed by atoms with Crippen LogP contribution in [0.3, 0.4) is 0 Å².